The van der Waals surface area contributed by atoms with Gasteiger partial charge in [-0.05, 0) is 41.1 Å². The fourth-order valence-corrected chi connectivity index (χ4v) is 4.39. The minimum atomic E-state index is -0.400. The minimum absolute atomic E-state index is 0.194. The molecular weight excluding hydrogens is 495 g/mol. The highest BCUT2D eigenvalue weighted by Crippen LogP contribution is 2.25. The monoisotopic (exact) mass is 522 g/mol. The fraction of sp³-hybridized carbons (Fsp3) is 0.129. The summed E-state index contributed by atoms with van der Waals surface area (Å²) in [4.78, 5) is 28.4. The molecule has 0 atom stereocenters. The number of rotatable bonds is 9. The number of amides is 2. The van der Waals surface area contributed by atoms with Crippen LogP contribution in [0.1, 0.15) is 10.4 Å². The van der Waals surface area contributed by atoms with Crippen molar-refractivity contribution in [1.29, 1.82) is 0 Å². The summed E-state index contributed by atoms with van der Waals surface area (Å²) in [6.45, 7) is 0.314. The van der Waals surface area contributed by atoms with Gasteiger partial charge < -0.3 is 15.0 Å². The van der Waals surface area contributed by atoms with Gasteiger partial charge in [0, 0.05) is 30.8 Å². The third-order valence-corrected chi connectivity index (χ3v) is 6.32. The number of hydrogen-bond acceptors (Lipinski definition) is 4. The highest BCUT2D eigenvalue weighted by molar-refractivity contribution is 6.08. The largest absolute Gasteiger partial charge is 0.383 e. The van der Waals surface area contributed by atoms with Crippen LogP contribution in [0.3, 0.4) is 0 Å². The van der Waals surface area contributed by atoms with Crippen molar-refractivity contribution in [3.8, 4) is 16.9 Å². The summed E-state index contributed by atoms with van der Waals surface area (Å²) in [5.41, 5.74) is 2.59. The number of aromatic nitrogens is 2. The topological polar surface area (TPSA) is 76.5 Å². The maximum atomic E-state index is 13.6. The first-order chi connectivity index (χ1) is 19.0. The summed E-state index contributed by atoms with van der Waals surface area (Å²) in [6.07, 6.45) is 0. The zero-order valence-corrected chi connectivity index (χ0v) is 21.4. The van der Waals surface area contributed by atoms with Crippen LogP contribution in [0.5, 0.6) is 0 Å². The molecule has 1 N–H and O–H groups in total. The molecule has 5 aromatic rings. The average Bonchev–Trinajstić information content (AvgIpc) is 3.39. The van der Waals surface area contributed by atoms with Crippen LogP contribution in [0.2, 0.25) is 0 Å². The summed E-state index contributed by atoms with van der Waals surface area (Å²) in [7, 11) is 1.55. The van der Waals surface area contributed by atoms with E-state index in [1.165, 1.54) is 17.0 Å². The molecule has 0 spiro atoms. The molecule has 8 heteroatoms. The number of hydrogen-bond donors (Lipinski definition) is 1. The molecule has 39 heavy (non-hydrogen) atoms. The molecule has 0 saturated heterocycles. The first kappa shape index (κ1) is 25.8. The van der Waals surface area contributed by atoms with Crippen LogP contribution in [-0.4, -0.2) is 53.3 Å². The van der Waals surface area contributed by atoms with Crippen LogP contribution in [0.15, 0.2) is 103 Å². The van der Waals surface area contributed by atoms with Crippen molar-refractivity contribution >= 4 is 28.4 Å². The standard InChI is InChI=1S/C31H27FN4O3/c1-39-19-18-35(31(38)27-13-7-11-22-8-5-6-12-26(22)27)21-30(37)33-29-20-28(23-9-3-2-4-10-23)34-36(29)25-16-14-24(32)15-17-25/h2-17,20H,18-19,21H2,1H3,(H,33,37). The average molecular weight is 523 g/mol. The number of ether oxygens (including phenoxy) is 1. The molecule has 4 aromatic carbocycles. The van der Waals surface area contributed by atoms with Gasteiger partial charge in [0.05, 0.1) is 18.0 Å². The van der Waals surface area contributed by atoms with Gasteiger partial charge in [0.2, 0.25) is 5.91 Å². The molecule has 1 aromatic heterocycles. The van der Waals surface area contributed by atoms with E-state index in [9.17, 15) is 14.0 Å². The van der Waals surface area contributed by atoms with Crippen molar-refractivity contribution in [1.82, 2.24) is 14.7 Å². The first-order valence-corrected chi connectivity index (χ1v) is 12.5. The number of anilines is 1. The molecule has 2 amide bonds. The zero-order chi connectivity index (χ0) is 27.2. The van der Waals surface area contributed by atoms with Crippen LogP contribution in [-0.2, 0) is 9.53 Å². The second-order valence-corrected chi connectivity index (χ2v) is 8.96. The molecule has 1 heterocycles. The molecule has 0 aliphatic carbocycles. The Labute approximate surface area is 225 Å². The van der Waals surface area contributed by atoms with Crippen molar-refractivity contribution < 1.29 is 18.7 Å². The molecule has 0 bridgehead atoms. The Kier molecular flexibility index (Phi) is 7.75. The first-order valence-electron chi connectivity index (χ1n) is 12.5. The number of fused-ring (bicyclic) bond motifs is 1. The predicted molar refractivity (Wildman–Crippen MR) is 149 cm³/mol. The van der Waals surface area contributed by atoms with Gasteiger partial charge in [-0.2, -0.15) is 5.10 Å². The summed E-state index contributed by atoms with van der Waals surface area (Å²) in [6, 6.07) is 30.3. The van der Waals surface area contributed by atoms with Gasteiger partial charge in [-0.1, -0.05) is 66.7 Å². The second kappa shape index (κ2) is 11.7. The number of methoxy groups -OCH3 is 1. The lowest BCUT2D eigenvalue weighted by atomic mass is 10.0. The highest BCUT2D eigenvalue weighted by atomic mass is 19.1. The van der Waals surface area contributed by atoms with E-state index < -0.39 is 5.91 Å². The summed E-state index contributed by atoms with van der Waals surface area (Å²) in [5, 5.41) is 9.31. The maximum Gasteiger partial charge on any atom is 0.255 e. The lowest BCUT2D eigenvalue weighted by Gasteiger charge is -2.23. The molecule has 0 unspecified atom stereocenters. The Morgan fingerprint density at radius 1 is 0.923 bits per heavy atom. The number of carbonyl (C=O) groups is 2. The van der Waals surface area contributed by atoms with Crippen molar-refractivity contribution in [2.24, 2.45) is 0 Å². The molecule has 0 fully saturated rings. The summed E-state index contributed by atoms with van der Waals surface area (Å²) < 4.78 is 20.4. The van der Waals surface area contributed by atoms with Crippen molar-refractivity contribution in [3.05, 3.63) is 115 Å². The Hall–Kier alpha value is -4.82. The van der Waals surface area contributed by atoms with E-state index in [0.717, 1.165) is 16.3 Å². The number of benzene rings is 4. The van der Waals surface area contributed by atoms with Gasteiger partial charge in [-0.15, -0.1) is 0 Å². The third kappa shape index (κ3) is 5.86. The van der Waals surface area contributed by atoms with Crippen LogP contribution in [0, 0.1) is 5.82 Å². The van der Waals surface area contributed by atoms with Crippen molar-refractivity contribution in [2.45, 2.75) is 0 Å². The SMILES string of the molecule is COCCN(CC(=O)Nc1cc(-c2ccccc2)nn1-c1ccc(F)cc1)C(=O)c1cccc2ccccc12. The lowest BCUT2D eigenvalue weighted by molar-refractivity contribution is -0.117. The quantitative estimate of drug-likeness (QED) is 0.275. The number of carbonyl (C=O) groups excluding carboxylic acids is 2. The number of nitrogens with one attached hydrogen (secondary N) is 1. The molecule has 0 radical (unpaired) electrons. The highest BCUT2D eigenvalue weighted by Gasteiger charge is 2.22. The Balaban J connectivity index is 1.43. The van der Waals surface area contributed by atoms with E-state index in [2.05, 4.69) is 10.4 Å². The van der Waals surface area contributed by atoms with Gasteiger partial charge >= 0.3 is 0 Å². The molecule has 0 aliphatic rings. The second-order valence-electron chi connectivity index (χ2n) is 8.96. The van der Waals surface area contributed by atoms with E-state index >= 15 is 0 Å². The number of halogens is 1. The lowest BCUT2D eigenvalue weighted by Crippen LogP contribution is -2.40. The fourth-order valence-electron chi connectivity index (χ4n) is 4.39. The Morgan fingerprint density at radius 2 is 1.64 bits per heavy atom. The number of nitrogens with zero attached hydrogens (tertiary/aromatic N) is 3. The maximum absolute atomic E-state index is 13.6. The molecule has 0 aliphatic heterocycles. The summed E-state index contributed by atoms with van der Waals surface area (Å²) in [5.74, 6) is -0.645. The van der Waals surface area contributed by atoms with Gasteiger partial charge in [0.25, 0.3) is 5.91 Å². The molecule has 0 saturated carbocycles. The molecule has 5 rings (SSSR count). The molecule has 7 nitrogen and oxygen atoms in total. The zero-order valence-electron chi connectivity index (χ0n) is 21.4. The van der Waals surface area contributed by atoms with Gasteiger partial charge in [-0.3, -0.25) is 9.59 Å². The van der Waals surface area contributed by atoms with E-state index in [4.69, 9.17) is 4.74 Å². The minimum Gasteiger partial charge on any atom is -0.383 e. The van der Waals surface area contributed by atoms with Crippen molar-refractivity contribution in [3.63, 3.8) is 0 Å². The normalized spacial score (nSPS) is 10.9. The van der Waals surface area contributed by atoms with E-state index in [0.29, 0.717) is 22.8 Å². The third-order valence-electron chi connectivity index (χ3n) is 6.32. The summed E-state index contributed by atoms with van der Waals surface area (Å²) >= 11 is 0. The van der Waals surface area contributed by atoms with E-state index in [1.807, 2.05) is 66.7 Å². The van der Waals surface area contributed by atoms with Gasteiger partial charge in [-0.25, -0.2) is 9.07 Å². The molecule has 196 valence electrons. The van der Waals surface area contributed by atoms with Crippen molar-refractivity contribution in [2.75, 3.05) is 32.1 Å². The van der Waals surface area contributed by atoms with E-state index in [1.54, 1.807) is 36.1 Å². The smallest absolute Gasteiger partial charge is 0.255 e. The Bertz CT molecular complexity index is 1590. The van der Waals surface area contributed by atoms with Gasteiger partial charge in [0.15, 0.2) is 0 Å². The van der Waals surface area contributed by atoms with Crippen LogP contribution < -0.4 is 5.32 Å². The van der Waals surface area contributed by atoms with E-state index in [-0.39, 0.29) is 31.4 Å². The predicted octanol–water partition coefficient (Wildman–Crippen LogP) is 5.56. The van der Waals surface area contributed by atoms with Crippen LogP contribution >= 0.6 is 0 Å². The molecular formula is C31H27FN4O3. The van der Waals surface area contributed by atoms with Crippen LogP contribution in [0.25, 0.3) is 27.7 Å². The van der Waals surface area contributed by atoms with Crippen LogP contribution in [0.4, 0.5) is 10.2 Å². The van der Waals surface area contributed by atoms with Gasteiger partial charge in [0.1, 0.15) is 18.2 Å². The Morgan fingerprint density at radius 3 is 2.41 bits per heavy atom.